The predicted molar refractivity (Wildman–Crippen MR) is 80.4 cm³/mol. The normalized spacial score (nSPS) is 27.1. The Bertz CT molecular complexity index is 443. The lowest BCUT2D eigenvalue weighted by Crippen LogP contribution is -2.28. The van der Waals surface area contributed by atoms with E-state index in [1.165, 1.54) is 6.42 Å². The Morgan fingerprint density at radius 3 is 2.37 bits per heavy atom. The molecule has 1 saturated carbocycles. The van der Waals surface area contributed by atoms with Crippen LogP contribution in [0.5, 0.6) is 5.88 Å². The lowest BCUT2D eigenvalue weighted by atomic mass is 9.82. The summed E-state index contributed by atoms with van der Waals surface area (Å²) in [4.78, 5) is 4.34. The van der Waals surface area contributed by atoms with E-state index in [-0.39, 0.29) is 6.10 Å². The Balaban J connectivity index is 2.14. The Morgan fingerprint density at radius 1 is 1.16 bits per heavy atom. The van der Waals surface area contributed by atoms with Crippen LogP contribution >= 0.6 is 23.2 Å². The summed E-state index contributed by atoms with van der Waals surface area (Å²) in [7, 11) is 1.77. The van der Waals surface area contributed by atoms with Gasteiger partial charge in [0.15, 0.2) is 0 Å². The summed E-state index contributed by atoms with van der Waals surface area (Å²) in [5.74, 6) is 2.44. The maximum atomic E-state index is 6.15. The summed E-state index contributed by atoms with van der Waals surface area (Å²) >= 11 is 12.2. The second-order valence-electron chi connectivity index (χ2n) is 5.51. The molecule has 19 heavy (non-hydrogen) atoms. The molecule has 0 bridgehead atoms. The zero-order valence-corrected chi connectivity index (χ0v) is 13.1. The van der Waals surface area contributed by atoms with Crippen LogP contribution in [0.15, 0.2) is 6.07 Å². The molecule has 1 aliphatic carbocycles. The van der Waals surface area contributed by atoms with Gasteiger partial charge in [-0.05, 0) is 37.2 Å². The second kappa shape index (κ2) is 6.19. The van der Waals surface area contributed by atoms with E-state index in [1.54, 1.807) is 13.1 Å². The van der Waals surface area contributed by atoms with Gasteiger partial charge in [-0.3, -0.25) is 0 Å². The van der Waals surface area contributed by atoms with Gasteiger partial charge >= 0.3 is 0 Å². The predicted octanol–water partition coefficient (Wildman–Crippen LogP) is 4.63. The average molecular weight is 303 g/mol. The number of ether oxygens (including phenoxy) is 1. The van der Waals surface area contributed by atoms with E-state index in [9.17, 15) is 0 Å². The highest BCUT2D eigenvalue weighted by molar-refractivity contribution is 6.36. The summed E-state index contributed by atoms with van der Waals surface area (Å²) in [6.07, 6.45) is 3.57. The molecule has 1 aliphatic rings. The molecule has 106 valence electrons. The molecular formula is C14H20Cl2N2O. The zero-order valence-electron chi connectivity index (χ0n) is 11.5. The van der Waals surface area contributed by atoms with Crippen molar-refractivity contribution in [1.82, 2.24) is 4.98 Å². The van der Waals surface area contributed by atoms with E-state index in [1.807, 2.05) is 0 Å². The summed E-state index contributed by atoms with van der Waals surface area (Å²) in [5, 5.41) is 3.91. The number of aromatic nitrogens is 1. The smallest absolute Gasteiger partial charge is 0.234 e. The van der Waals surface area contributed by atoms with Gasteiger partial charge in [0, 0.05) is 7.05 Å². The lowest BCUT2D eigenvalue weighted by molar-refractivity contribution is 0.0969. The van der Waals surface area contributed by atoms with E-state index in [0.29, 0.717) is 33.6 Å². The largest absolute Gasteiger partial charge is 0.473 e. The van der Waals surface area contributed by atoms with Crippen molar-refractivity contribution in [2.24, 2.45) is 11.8 Å². The SMILES string of the molecule is CNc1nc(OC2CC(C)CC(C)C2)c(Cl)cc1Cl. The third-order valence-electron chi connectivity index (χ3n) is 3.55. The molecule has 0 saturated heterocycles. The minimum absolute atomic E-state index is 0.189. The Labute approximate surface area is 124 Å². The van der Waals surface area contributed by atoms with Gasteiger partial charge in [0.1, 0.15) is 16.9 Å². The molecule has 1 aromatic rings. The summed E-state index contributed by atoms with van der Waals surface area (Å²) in [6.45, 7) is 4.53. The number of rotatable bonds is 3. The van der Waals surface area contributed by atoms with Gasteiger partial charge in [-0.1, -0.05) is 37.0 Å². The van der Waals surface area contributed by atoms with Crippen LogP contribution in [0, 0.1) is 11.8 Å². The summed E-state index contributed by atoms with van der Waals surface area (Å²) in [5.41, 5.74) is 0. The number of halogens is 2. The van der Waals surface area contributed by atoms with Crippen molar-refractivity contribution < 1.29 is 4.74 Å². The molecule has 2 unspecified atom stereocenters. The lowest BCUT2D eigenvalue weighted by Gasteiger charge is -2.31. The fourth-order valence-electron chi connectivity index (χ4n) is 2.83. The van der Waals surface area contributed by atoms with Crippen molar-refractivity contribution in [3.05, 3.63) is 16.1 Å². The van der Waals surface area contributed by atoms with Crippen LogP contribution in [-0.4, -0.2) is 18.1 Å². The molecule has 1 fully saturated rings. The van der Waals surface area contributed by atoms with E-state index < -0.39 is 0 Å². The van der Waals surface area contributed by atoms with Gasteiger partial charge < -0.3 is 10.1 Å². The molecule has 3 nitrogen and oxygen atoms in total. The first-order valence-electron chi connectivity index (χ1n) is 6.70. The highest BCUT2D eigenvalue weighted by Crippen LogP contribution is 2.35. The molecule has 2 atom stereocenters. The molecule has 1 aromatic heterocycles. The third kappa shape index (κ3) is 3.67. The zero-order chi connectivity index (χ0) is 14.0. The van der Waals surface area contributed by atoms with Gasteiger partial charge in [-0.25, -0.2) is 0 Å². The van der Waals surface area contributed by atoms with Gasteiger partial charge in [0.05, 0.1) is 5.02 Å². The molecular weight excluding hydrogens is 283 g/mol. The van der Waals surface area contributed by atoms with Crippen LogP contribution < -0.4 is 10.1 Å². The van der Waals surface area contributed by atoms with Crippen LogP contribution in [-0.2, 0) is 0 Å². The van der Waals surface area contributed by atoms with Crippen molar-refractivity contribution in [3.8, 4) is 5.88 Å². The Kier molecular flexibility index (Phi) is 4.80. The number of pyridine rings is 1. The fraction of sp³-hybridized carbons (Fsp3) is 0.643. The number of nitrogens with zero attached hydrogens (tertiary/aromatic N) is 1. The van der Waals surface area contributed by atoms with E-state index in [2.05, 4.69) is 24.1 Å². The van der Waals surface area contributed by atoms with Crippen molar-refractivity contribution in [2.45, 2.75) is 39.2 Å². The first-order valence-corrected chi connectivity index (χ1v) is 7.45. The summed E-state index contributed by atoms with van der Waals surface area (Å²) < 4.78 is 5.98. The topological polar surface area (TPSA) is 34.2 Å². The number of anilines is 1. The first-order chi connectivity index (χ1) is 8.99. The van der Waals surface area contributed by atoms with Crippen LogP contribution in [0.1, 0.15) is 33.1 Å². The third-order valence-corrected chi connectivity index (χ3v) is 4.11. The standard InChI is InChI=1S/C14H20Cl2N2O/c1-8-4-9(2)6-10(5-8)19-14-12(16)7-11(15)13(17-3)18-14/h7-10H,4-6H2,1-3H3,(H,17,18). The highest BCUT2D eigenvalue weighted by Gasteiger charge is 2.26. The van der Waals surface area contributed by atoms with E-state index in [4.69, 9.17) is 27.9 Å². The van der Waals surface area contributed by atoms with Crippen LogP contribution in [0.25, 0.3) is 0 Å². The van der Waals surface area contributed by atoms with Crippen LogP contribution in [0.2, 0.25) is 10.0 Å². The van der Waals surface area contributed by atoms with Crippen molar-refractivity contribution in [1.29, 1.82) is 0 Å². The van der Waals surface area contributed by atoms with Gasteiger partial charge in [0.25, 0.3) is 0 Å². The molecule has 0 aromatic carbocycles. The van der Waals surface area contributed by atoms with Crippen LogP contribution in [0.3, 0.4) is 0 Å². The maximum absolute atomic E-state index is 6.15. The minimum Gasteiger partial charge on any atom is -0.473 e. The quantitative estimate of drug-likeness (QED) is 0.883. The Morgan fingerprint density at radius 2 is 1.79 bits per heavy atom. The van der Waals surface area contributed by atoms with E-state index in [0.717, 1.165) is 12.8 Å². The number of nitrogens with one attached hydrogen (secondary N) is 1. The first kappa shape index (κ1) is 14.7. The molecule has 5 heteroatoms. The second-order valence-corrected chi connectivity index (χ2v) is 6.33. The van der Waals surface area contributed by atoms with E-state index >= 15 is 0 Å². The molecule has 1 N–H and O–H groups in total. The maximum Gasteiger partial charge on any atom is 0.234 e. The molecule has 0 amide bonds. The minimum atomic E-state index is 0.189. The summed E-state index contributed by atoms with van der Waals surface area (Å²) in [6, 6.07) is 1.67. The molecule has 2 rings (SSSR count). The average Bonchev–Trinajstić information content (AvgIpc) is 2.31. The highest BCUT2D eigenvalue weighted by atomic mass is 35.5. The van der Waals surface area contributed by atoms with Crippen LogP contribution in [0.4, 0.5) is 5.82 Å². The number of hydrogen-bond donors (Lipinski definition) is 1. The number of hydrogen-bond acceptors (Lipinski definition) is 3. The molecule has 0 spiro atoms. The van der Waals surface area contributed by atoms with Crippen molar-refractivity contribution in [2.75, 3.05) is 12.4 Å². The fourth-order valence-corrected chi connectivity index (χ4v) is 3.33. The van der Waals surface area contributed by atoms with Gasteiger partial charge in [0.2, 0.25) is 5.88 Å². The van der Waals surface area contributed by atoms with Crippen molar-refractivity contribution >= 4 is 29.0 Å². The van der Waals surface area contributed by atoms with Crippen molar-refractivity contribution in [3.63, 3.8) is 0 Å². The molecule has 0 aliphatic heterocycles. The monoisotopic (exact) mass is 302 g/mol. The molecule has 1 heterocycles. The Hall–Kier alpha value is -0.670. The van der Waals surface area contributed by atoms with Gasteiger partial charge in [-0.2, -0.15) is 4.98 Å². The van der Waals surface area contributed by atoms with Gasteiger partial charge in [-0.15, -0.1) is 0 Å². The molecule has 0 radical (unpaired) electrons.